The maximum atomic E-state index is 14.5. The normalized spacial score (nSPS) is 10.5. The largest absolute Gasteiger partial charge is 0.490 e. The summed E-state index contributed by atoms with van der Waals surface area (Å²) in [6, 6.07) is 10.4. The van der Waals surface area contributed by atoms with E-state index in [0.29, 0.717) is 28.0 Å². The van der Waals surface area contributed by atoms with Crippen LogP contribution in [0.25, 0.3) is 11.1 Å². The first kappa shape index (κ1) is 20.6. The van der Waals surface area contributed by atoms with E-state index in [-0.39, 0.29) is 25.6 Å². The van der Waals surface area contributed by atoms with Crippen molar-refractivity contribution in [2.45, 2.75) is 33.3 Å². The van der Waals surface area contributed by atoms with Gasteiger partial charge in [0.25, 0.3) is 0 Å². The van der Waals surface area contributed by atoms with Crippen LogP contribution in [-0.4, -0.2) is 24.3 Å². The molecule has 0 unspecified atom stereocenters. The van der Waals surface area contributed by atoms with Gasteiger partial charge in [0, 0.05) is 16.7 Å². The van der Waals surface area contributed by atoms with Gasteiger partial charge in [-0.25, -0.2) is 9.18 Å². The fourth-order valence-corrected chi connectivity index (χ4v) is 2.63. The van der Waals surface area contributed by atoms with E-state index < -0.39 is 5.97 Å². The quantitative estimate of drug-likeness (QED) is 0.402. The van der Waals surface area contributed by atoms with E-state index in [9.17, 15) is 14.3 Å². The number of benzene rings is 2. The second kappa shape index (κ2) is 9.88. The third kappa shape index (κ3) is 5.66. The van der Waals surface area contributed by atoms with Crippen LogP contribution in [-0.2, 0) is 22.6 Å². The first-order chi connectivity index (χ1) is 13.0. The van der Waals surface area contributed by atoms with Gasteiger partial charge in [-0.3, -0.25) is 0 Å². The zero-order valence-corrected chi connectivity index (χ0v) is 15.8. The van der Waals surface area contributed by atoms with Crippen molar-refractivity contribution in [2.75, 3.05) is 13.2 Å². The molecular weight excluding hydrogens is 347 g/mol. The summed E-state index contributed by atoms with van der Waals surface area (Å²) in [4.78, 5) is 11.4. The lowest BCUT2D eigenvalue weighted by Crippen LogP contribution is -2.13. The molecule has 2 aromatic carbocycles. The predicted molar refractivity (Wildman–Crippen MR) is 103 cm³/mol. The molecule has 0 amide bonds. The molecule has 2 aromatic rings. The molecule has 0 aliphatic rings. The Morgan fingerprint density at radius 2 is 1.96 bits per heavy atom. The number of aliphatic hydroxyl groups is 1. The van der Waals surface area contributed by atoms with Crippen LogP contribution in [0, 0.1) is 5.82 Å². The first-order valence-corrected chi connectivity index (χ1v) is 8.94. The third-order valence-electron chi connectivity index (χ3n) is 4.04. The second-order valence-electron chi connectivity index (χ2n) is 6.31. The van der Waals surface area contributed by atoms with Crippen molar-refractivity contribution >= 4 is 5.97 Å². The molecule has 5 heteroatoms. The first-order valence-electron chi connectivity index (χ1n) is 8.94. The minimum Gasteiger partial charge on any atom is -0.490 e. The number of halogens is 1. The fourth-order valence-electron chi connectivity index (χ4n) is 2.63. The van der Waals surface area contributed by atoms with Crippen LogP contribution >= 0.6 is 0 Å². The van der Waals surface area contributed by atoms with Crippen LogP contribution < -0.4 is 4.74 Å². The van der Waals surface area contributed by atoms with Gasteiger partial charge in [0.05, 0.1) is 6.61 Å². The molecule has 4 nitrogen and oxygen atoms in total. The topological polar surface area (TPSA) is 55.8 Å². The Morgan fingerprint density at radius 3 is 2.59 bits per heavy atom. The van der Waals surface area contributed by atoms with Crippen molar-refractivity contribution < 1.29 is 23.8 Å². The summed E-state index contributed by atoms with van der Waals surface area (Å²) in [5.74, 6) is -0.346. The maximum Gasteiger partial charge on any atom is 0.333 e. The van der Waals surface area contributed by atoms with Gasteiger partial charge in [0.1, 0.15) is 24.8 Å². The molecule has 0 fully saturated rings. The molecule has 0 saturated carbocycles. The molecule has 0 aromatic heterocycles. The van der Waals surface area contributed by atoms with Gasteiger partial charge >= 0.3 is 5.97 Å². The maximum absolute atomic E-state index is 14.5. The highest BCUT2D eigenvalue weighted by atomic mass is 19.1. The minimum atomic E-state index is -0.482. The fraction of sp³-hybridized carbons (Fsp3) is 0.318. The Balaban J connectivity index is 2.15. The number of aryl methyl sites for hydroxylation is 1. The number of hydrogen-bond donors (Lipinski definition) is 1. The predicted octanol–water partition coefficient (Wildman–Crippen LogP) is 4.44. The van der Waals surface area contributed by atoms with Crippen LogP contribution in [0.15, 0.2) is 48.6 Å². The summed E-state index contributed by atoms with van der Waals surface area (Å²) < 4.78 is 25.1. The molecule has 0 atom stereocenters. The Morgan fingerprint density at radius 1 is 1.19 bits per heavy atom. The molecule has 0 saturated heterocycles. The zero-order valence-electron chi connectivity index (χ0n) is 15.8. The molecule has 0 radical (unpaired) electrons. The van der Waals surface area contributed by atoms with E-state index in [0.717, 1.165) is 18.4 Å². The number of carbonyl (C=O) groups is 1. The average molecular weight is 372 g/mol. The standard InChI is InChI=1S/C22H25FO4/c1-4-5-16-6-9-19(20(23)12-16)17-7-8-18(14-24)21(13-17)26-10-11-27-22(25)15(2)3/h6-9,12-13,24H,2,4-5,10-11,14H2,1,3H3. The van der Waals surface area contributed by atoms with Gasteiger partial charge in [-0.15, -0.1) is 0 Å². The summed E-state index contributed by atoms with van der Waals surface area (Å²) in [6.07, 6.45) is 1.79. The average Bonchev–Trinajstić information content (AvgIpc) is 2.65. The van der Waals surface area contributed by atoms with E-state index in [1.165, 1.54) is 0 Å². The van der Waals surface area contributed by atoms with Gasteiger partial charge in [0.2, 0.25) is 0 Å². The summed E-state index contributed by atoms with van der Waals surface area (Å²) in [6.45, 7) is 7.09. The Hall–Kier alpha value is -2.66. The molecular formula is C22H25FO4. The number of esters is 1. The van der Waals surface area contributed by atoms with Gasteiger partial charge in [-0.05, 0) is 36.6 Å². The molecule has 1 N–H and O–H groups in total. The summed E-state index contributed by atoms with van der Waals surface area (Å²) in [5, 5.41) is 9.50. The van der Waals surface area contributed by atoms with Crippen molar-refractivity contribution in [2.24, 2.45) is 0 Å². The SMILES string of the molecule is C=C(C)C(=O)OCCOc1cc(-c2ccc(CCC)cc2F)ccc1CO. The number of carbonyl (C=O) groups excluding carboxylic acids is 1. The molecule has 0 heterocycles. The molecule has 0 spiro atoms. The van der Waals surface area contributed by atoms with E-state index in [2.05, 4.69) is 13.5 Å². The number of aliphatic hydroxyl groups excluding tert-OH is 1. The second-order valence-corrected chi connectivity index (χ2v) is 6.31. The minimum absolute atomic E-state index is 0.0564. The third-order valence-corrected chi connectivity index (χ3v) is 4.04. The molecule has 0 bridgehead atoms. The van der Waals surface area contributed by atoms with Crippen LogP contribution in [0.3, 0.4) is 0 Å². The summed E-state index contributed by atoms with van der Waals surface area (Å²) in [7, 11) is 0. The van der Waals surface area contributed by atoms with Gasteiger partial charge in [-0.1, -0.05) is 44.2 Å². The lowest BCUT2D eigenvalue weighted by Gasteiger charge is -2.13. The number of hydrogen-bond acceptors (Lipinski definition) is 4. The molecule has 144 valence electrons. The smallest absolute Gasteiger partial charge is 0.333 e. The van der Waals surface area contributed by atoms with E-state index >= 15 is 0 Å². The van der Waals surface area contributed by atoms with Crippen molar-refractivity contribution in [1.82, 2.24) is 0 Å². The lowest BCUT2D eigenvalue weighted by atomic mass is 10.00. The van der Waals surface area contributed by atoms with Gasteiger partial charge < -0.3 is 14.6 Å². The summed E-state index contributed by atoms with van der Waals surface area (Å²) >= 11 is 0. The number of ether oxygens (including phenoxy) is 2. The molecule has 2 rings (SSSR count). The van der Waals surface area contributed by atoms with Crippen LogP contribution in [0.1, 0.15) is 31.4 Å². The summed E-state index contributed by atoms with van der Waals surface area (Å²) in [5.41, 5.74) is 2.98. The van der Waals surface area contributed by atoms with Gasteiger partial charge in [0.15, 0.2) is 0 Å². The lowest BCUT2D eigenvalue weighted by molar-refractivity contribution is -0.139. The molecule has 0 aliphatic carbocycles. The van der Waals surface area contributed by atoms with Crippen molar-refractivity contribution in [3.05, 3.63) is 65.5 Å². The molecule has 0 aliphatic heterocycles. The monoisotopic (exact) mass is 372 g/mol. The van der Waals surface area contributed by atoms with Crippen molar-refractivity contribution in [3.63, 3.8) is 0 Å². The molecule has 27 heavy (non-hydrogen) atoms. The van der Waals surface area contributed by atoms with Crippen molar-refractivity contribution in [3.8, 4) is 16.9 Å². The van der Waals surface area contributed by atoms with Crippen molar-refractivity contribution in [1.29, 1.82) is 0 Å². The zero-order chi connectivity index (χ0) is 19.8. The Kier molecular flexibility index (Phi) is 7.55. The van der Waals surface area contributed by atoms with Crippen LogP contribution in [0.2, 0.25) is 0 Å². The van der Waals surface area contributed by atoms with Gasteiger partial charge in [-0.2, -0.15) is 0 Å². The Labute approximate surface area is 159 Å². The van der Waals surface area contributed by atoms with E-state index in [1.807, 2.05) is 6.07 Å². The Bertz CT molecular complexity index is 814. The number of rotatable bonds is 9. The highest BCUT2D eigenvalue weighted by molar-refractivity contribution is 5.86. The highest BCUT2D eigenvalue weighted by Crippen LogP contribution is 2.30. The van der Waals surface area contributed by atoms with Crippen LogP contribution in [0.4, 0.5) is 4.39 Å². The van der Waals surface area contributed by atoms with Crippen LogP contribution in [0.5, 0.6) is 5.75 Å². The van der Waals surface area contributed by atoms with E-state index in [4.69, 9.17) is 9.47 Å². The van der Waals surface area contributed by atoms with E-state index in [1.54, 1.807) is 37.3 Å². The highest BCUT2D eigenvalue weighted by Gasteiger charge is 2.11.